The summed E-state index contributed by atoms with van der Waals surface area (Å²) in [6.07, 6.45) is 3.42. The summed E-state index contributed by atoms with van der Waals surface area (Å²) in [4.78, 5) is 33.3. The zero-order chi connectivity index (χ0) is 23.3. The van der Waals surface area contributed by atoms with Crippen molar-refractivity contribution in [1.82, 2.24) is 4.98 Å². The Hall–Kier alpha value is -4.17. The molecule has 5 heteroatoms. The molecular weight excluding hydrogens is 412 g/mol. The van der Waals surface area contributed by atoms with Crippen molar-refractivity contribution in [2.75, 3.05) is 11.5 Å². The number of aromatic nitrogens is 1. The second-order valence-electron chi connectivity index (χ2n) is 7.89. The first-order valence-electron chi connectivity index (χ1n) is 10.7. The van der Waals surface area contributed by atoms with Gasteiger partial charge in [-0.05, 0) is 49.7 Å². The molecule has 5 nitrogen and oxygen atoms in total. The van der Waals surface area contributed by atoms with Crippen molar-refractivity contribution >= 4 is 23.2 Å². The Kier molecular flexibility index (Phi) is 6.37. The van der Waals surface area contributed by atoms with Crippen LogP contribution in [0, 0.1) is 24.2 Å². The van der Waals surface area contributed by atoms with E-state index in [1.807, 2.05) is 61.5 Å². The third kappa shape index (κ3) is 4.28. The first-order valence-corrected chi connectivity index (χ1v) is 10.7. The second kappa shape index (κ2) is 9.54. The molecule has 0 saturated carbocycles. The van der Waals surface area contributed by atoms with Crippen LogP contribution in [0.25, 0.3) is 0 Å². The standard InChI is InChI=1S/C28H24N2O3/c1-3-17-28(18-7-8-20-33-23-15-13-21(2)14-16-23)25(31)24-12-9-19-29-26(24)30(27(28)32)22-10-5-4-6-11-22/h3-6,9-16,19H,1,17-18,20H2,2H3. The first kappa shape index (κ1) is 22.0. The molecule has 1 aliphatic rings. The Labute approximate surface area is 193 Å². The molecule has 1 amide bonds. The minimum absolute atomic E-state index is 0.0611. The van der Waals surface area contributed by atoms with Crippen molar-refractivity contribution in [1.29, 1.82) is 0 Å². The van der Waals surface area contributed by atoms with E-state index in [0.717, 1.165) is 11.3 Å². The van der Waals surface area contributed by atoms with Crippen LogP contribution in [0.4, 0.5) is 11.5 Å². The third-order valence-corrected chi connectivity index (χ3v) is 5.64. The monoisotopic (exact) mass is 436 g/mol. The number of amides is 1. The molecule has 2 aromatic carbocycles. The van der Waals surface area contributed by atoms with Gasteiger partial charge in [-0.15, -0.1) is 6.58 Å². The number of ether oxygens (including phenoxy) is 1. The molecule has 4 rings (SSSR count). The minimum Gasteiger partial charge on any atom is -0.481 e. The van der Waals surface area contributed by atoms with Crippen LogP contribution >= 0.6 is 0 Å². The number of aryl methyl sites for hydroxylation is 1. The average molecular weight is 437 g/mol. The van der Waals surface area contributed by atoms with E-state index in [2.05, 4.69) is 23.4 Å². The van der Waals surface area contributed by atoms with E-state index in [4.69, 9.17) is 4.74 Å². The summed E-state index contributed by atoms with van der Waals surface area (Å²) in [5.41, 5.74) is 0.830. The lowest BCUT2D eigenvalue weighted by Crippen LogP contribution is -2.51. The van der Waals surface area contributed by atoms with Gasteiger partial charge < -0.3 is 4.74 Å². The molecule has 0 saturated heterocycles. The van der Waals surface area contributed by atoms with Crippen molar-refractivity contribution in [2.45, 2.75) is 19.8 Å². The molecule has 1 aliphatic heterocycles. The number of rotatable bonds is 6. The van der Waals surface area contributed by atoms with E-state index in [9.17, 15) is 9.59 Å². The summed E-state index contributed by atoms with van der Waals surface area (Å²) < 4.78 is 5.66. The van der Waals surface area contributed by atoms with Gasteiger partial charge in [0.25, 0.3) is 0 Å². The molecule has 33 heavy (non-hydrogen) atoms. The normalized spacial score (nSPS) is 17.1. The highest BCUT2D eigenvalue weighted by Gasteiger charge is 2.52. The number of fused-ring (bicyclic) bond motifs is 1. The number of benzene rings is 2. The van der Waals surface area contributed by atoms with Gasteiger partial charge in [-0.3, -0.25) is 14.5 Å². The lowest BCUT2D eigenvalue weighted by Gasteiger charge is -2.39. The molecule has 1 unspecified atom stereocenters. The topological polar surface area (TPSA) is 59.5 Å². The van der Waals surface area contributed by atoms with Crippen LogP contribution in [0.15, 0.2) is 85.6 Å². The molecule has 0 fully saturated rings. The van der Waals surface area contributed by atoms with E-state index in [1.54, 1.807) is 24.4 Å². The van der Waals surface area contributed by atoms with Crippen LogP contribution in [0.3, 0.4) is 0 Å². The fourth-order valence-electron chi connectivity index (χ4n) is 3.91. The van der Waals surface area contributed by atoms with Gasteiger partial charge in [0.1, 0.15) is 17.8 Å². The number of hydrogen-bond donors (Lipinski definition) is 0. The van der Waals surface area contributed by atoms with Crippen molar-refractivity contribution in [3.8, 4) is 17.6 Å². The molecule has 3 aromatic rings. The predicted molar refractivity (Wildman–Crippen MR) is 128 cm³/mol. The molecule has 0 N–H and O–H groups in total. The van der Waals surface area contributed by atoms with Crippen molar-refractivity contribution in [3.05, 3.63) is 96.7 Å². The average Bonchev–Trinajstić information content (AvgIpc) is 2.84. The number of nitrogens with zero attached hydrogens (tertiary/aromatic N) is 2. The van der Waals surface area contributed by atoms with Crippen LogP contribution < -0.4 is 9.64 Å². The molecule has 164 valence electrons. The summed E-state index contributed by atoms with van der Waals surface area (Å²) in [6.45, 7) is 5.97. The highest BCUT2D eigenvalue weighted by atomic mass is 16.5. The number of ketones is 1. The zero-order valence-electron chi connectivity index (χ0n) is 18.5. The van der Waals surface area contributed by atoms with Gasteiger partial charge >= 0.3 is 0 Å². The van der Waals surface area contributed by atoms with E-state index < -0.39 is 5.41 Å². The maximum absolute atomic E-state index is 13.8. The largest absolute Gasteiger partial charge is 0.481 e. The summed E-state index contributed by atoms with van der Waals surface area (Å²) in [7, 11) is 0. The number of anilines is 2. The fourth-order valence-corrected chi connectivity index (χ4v) is 3.91. The Bertz CT molecular complexity index is 1240. The zero-order valence-corrected chi connectivity index (χ0v) is 18.5. The van der Waals surface area contributed by atoms with Crippen molar-refractivity contribution < 1.29 is 14.3 Å². The van der Waals surface area contributed by atoms with Crippen molar-refractivity contribution in [2.24, 2.45) is 5.41 Å². The summed E-state index contributed by atoms with van der Waals surface area (Å²) in [5, 5.41) is 0. The van der Waals surface area contributed by atoms with Gasteiger partial charge in [0.05, 0.1) is 11.3 Å². The number of allylic oxidation sites excluding steroid dienone is 1. The number of para-hydroxylation sites is 1. The van der Waals surface area contributed by atoms with Gasteiger partial charge in [0.2, 0.25) is 5.91 Å². The first-order chi connectivity index (χ1) is 16.1. The van der Waals surface area contributed by atoms with E-state index in [-0.39, 0.29) is 31.1 Å². The summed E-state index contributed by atoms with van der Waals surface area (Å²) in [5.74, 6) is 6.40. The highest BCUT2D eigenvalue weighted by Crippen LogP contribution is 2.44. The summed E-state index contributed by atoms with van der Waals surface area (Å²) in [6, 6.07) is 20.3. The fraction of sp³-hybridized carbons (Fsp3) is 0.179. The summed E-state index contributed by atoms with van der Waals surface area (Å²) >= 11 is 0. The van der Waals surface area contributed by atoms with E-state index in [1.165, 1.54) is 4.90 Å². The highest BCUT2D eigenvalue weighted by molar-refractivity contribution is 6.26. The number of carbonyl (C=O) groups is 2. The maximum atomic E-state index is 13.8. The lowest BCUT2D eigenvalue weighted by molar-refractivity contribution is -0.125. The smallest absolute Gasteiger partial charge is 0.248 e. The van der Waals surface area contributed by atoms with Crippen molar-refractivity contribution in [3.63, 3.8) is 0 Å². The van der Waals surface area contributed by atoms with Gasteiger partial charge in [-0.25, -0.2) is 4.98 Å². The van der Waals surface area contributed by atoms with Crippen LogP contribution in [-0.4, -0.2) is 23.3 Å². The third-order valence-electron chi connectivity index (χ3n) is 5.64. The molecule has 1 aromatic heterocycles. The quantitative estimate of drug-likeness (QED) is 0.299. The van der Waals surface area contributed by atoms with Crippen LogP contribution in [0.2, 0.25) is 0 Å². The lowest BCUT2D eigenvalue weighted by atomic mass is 9.71. The van der Waals surface area contributed by atoms with Crippen LogP contribution in [0.5, 0.6) is 5.75 Å². The minimum atomic E-state index is -1.37. The molecule has 2 heterocycles. The molecule has 0 bridgehead atoms. The van der Waals surface area contributed by atoms with E-state index >= 15 is 0 Å². The Morgan fingerprint density at radius 3 is 2.52 bits per heavy atom. The van der Waals surface area contributed by atoms with Gasteiger partial charge in [0.15, 0.2) is 11.6 Å². The molecular formula is C28H24N2O3. The number of carbonyl (C=O) groups excluding carboxylic acids is 2. The predicted octanol–water partition coefficient (Wildman–Crippen LogP) is 5.29. The number of Topliss-reactive ketones (excluding diaryl/α,β-unsaturated/α-hetero) is 1. The van der Waals surface area contributed by atoms with Gasteiger partial charge in [-0.1, -0.05) is 53.8 Å². The van der Waals surface area contributed by atoms with Crippen LogP contribution in [0.1, 0.15) is 28.8 Å². The Balaban J connectivity index is 1.65. The molecule has 0 radical (unpaired) electrons. The van der Waals surface area contributed by atoms with E-state index in [0.29, 0.717) is 17.1 Å². The molecule has 0 spiro atoms. The number of pyridine rings is 1. The maximum Gasteiger partial charge on any atom is 0.248 e. The molecule has 0 aliphatic carbocycles. The van der Waals surface area contributed by atoms with Gasteiger partial charge in [0, 0.05) is 12.6 Å². The second-order valence-corrected chi connectivity index (χ2v) is 7.89. The van der Waals surface area contributed by atoms with Gasteiger partial charge in [-0.2, -0.15) is 0 Å². The SMILES string of the molecule is C=CCC1(CC#CCOc2ccc(C)cc2)C(=O)c2cccnc2N(c2ccccc2)C1=O. The number of hydrogen-bond acceptors (Lipinski definition) is 4. The Morgan fingerprint density at radius 1 is 1.03 bits per heavy atom. The van der Waals surface area contributed by atoms with Crippen LogP contribution in [-0.2, 0) is 4.79 Å². The Morgan fingerprint density at radius 2 is 1.79 bits per heavy atom. The molecule has 1 atom stereocenters.